The van der Waals surface area contributed by atoms with Gasteiger partial charge in [-0.3, -0.25) is 0 Å². The molecule has 2 aliphatic rings. The molecule has 1 N–H and O–H groups in total. The summed E-state index contributed by atoms with van der Waals surface area (Å²) in [6, 6.07) is 0.199. The maximum atomic E-state index is 11.3. The number of nitrogens with one attached hydrogen (secondary N) is 1. The van der Waals surface area contributed by atoms with Gasteiger partial charge in [-0.15, -0.1) is 0 Å². The zero-order valence-corrected chi connectivity index (χ0v) is 12.1. The average molecular weight is 274 g/mol. The highest BCUT2D eigenvalue weighted by atomic mass is 32.2. The van der Waals surface area contributed by atoms with E-state index in [4.69, 9.17) is 0 Å². The molecule has 0 saturated carbocycles. The second kappa shape index (κ2) is 6.87. The van der Waals surface area contributed by atoms with Crippen LogP contribution in [0.25, 0.3) is 0 Å². The van der Waals surface area contributed by atoms with Crippen molar-refractivity contribution in [1.29, 1.82) is 0 Å². The topological polar surface area (TPSA) is 49.4 Å². The van der Waals surface area contributed by atoms with Crippen molar-refractivity contribution < 1.29 is 8.42 Å². The Balaban J connectivity index is 1.62. The molecular weight excluding hydrogens is 248 g/mol. The minimum atomic E-state index is -2.74. The molecule has 5 heteroatoms. The summed E-state index contributed by atoms with van der Waals surface area (Å²) in [5, 5.41) is 3.40. The van der Waals surface area contributed by atoms with Gasteiger partial charge in [0.15, 0.2) is 9.84 Å². The molecule has 0 aromatic rings. The quantitative estimate of drug-likeness (QED) is 0.832. The van der Waals surface area contributed by atoms with E-state index in [9.17, 15) is 8.42 Å². The smallest absolute Gasteiger partial charge is 0.151 e. The fourth-order valence-electron chi connectivity index (χ4n) is 2.92. The maximum Gasteiger partial charge on any atom is 0.151 e. The maximum absolute atomic E-state index is 11.3. The standard InChI is InChI=1S/C13H26N2O2S/c16-18(17)11-6-13(12-18)14-7-10-15-8-4-2-1-3-5-9-15/h13-14H,1-12H2. The Morgan fingerprint density at radius 2 is 1.72 bits per heavy atom. The number of hydrogen-bond acceptors (Lipinski definition) is 4. The molecule has 2 aliphatic heterocycles. The fourth-order valence-corrected chi connectivity index (χ4v) is 4.63. The predicted octanol–water partition coefficient (Wildman–Crippen LogP) is 1.03. The molecule has 0 aromatic carbocycles. The van der Waals surface area contributed by atoms with Crippen molar-refractivity contribution in [2.75, 3.05) is 37.7 Å². The summed E-state index contributed by atoms with van der Waals surface area (Å²) in [5.41, 5.74) is 0. The van der Waals surface area contributed by atoms with Crippen molar-refractivity contribution >= 4 is 9.84 Å². The number of nitrogens with zero attached hydrogens (tertiary/aromatic N) is 1. The van der Waals surface area contributed by atoms with Crippen LogP contribution in [-0.2, 0) is 9.84 Å². The fraction of sp³-hybridized carbons (Fsp3) is 1.00. The summed E-state index contributed by atoms with van der Waals surface area (Å²) in [7, 11) is -2.74. The van der Waals surface area contributed by atoms with Gasteiger partial charge in [-0.25, -0.2) is 8.42 Å². The first-order valence-electron chi connectivity index (χ1n) is 7.32. The van der Waals surface area contributed by atoms with E-state index in [2.05, 4.69) is 10.2 Å². The first kappa shape index (κ1) is 14.3. The van der Waals surface area contributed by atoms with Crippen molar-refractivity contribution in [2.24, 2.45) is 0 Å². The minimum Gasteiger partial charge on any atom is -0.312 e. The van der Waals surface area contributed by atoms with E-state index in [-0.39, 0.29) is 6.04 Å². The minimum absolute atomic E-state index is 0.199. The van der Waals surface area contributed by atoms with Crippen molar-refractivity contribution in [1.82, 2.24) is 10.2 Å². The van der Waals surface area contributed by atoms with Gasteiger partial charge in [0.2, 0.25) is 0 Å². The Labute approximate surface area is 111 Å². The van der Waals surface area contributed by atoms with E-state index < -0.39 is 9.84 Å². The van der Waals surface area contributed by atoms with Crippen LogP contribution in [-0.4, -0.2) is 57.0 Å². The molecule has 0 spiro atoms. The van der Waals surface area contributed by atoms with E-state index in [1.54, 1.807) is 0 Å². The van der Waals surface area contributed by atoms with E-state index in [1.807, 2.05) is 0 Å². The van der Waals surface area contributed by atoms with Crippen LogP contribution in [0.2, 0.25) is 0 Å². The molecule has 0 amide bonds. The molecular formula is C13H26N2O2S. The highest BCUT2D eigenvalue weighted by molar-refractivity contribution is 7.91. The predicted molar refractivity (Wildman–Crippen MR) is 74.6 cm³/mol. The van der Waals surface area contributed by atoms with Crippen LogP contribution in [0.15, 0.2) is 0 Å². The molecule has 0 bridgehead atoms. The van der Waals surface area contributed by atoms with Crippen molar-refractivity contribution in [3.8, 4) is 0 Å². The molecule has 2 saturated heterocycles. The summed E-state index contributed by atoms with van der Waals surface area (Å²) >= 11 is 0. The molecule has 1 atom stereocenters. The Bertz CT molecular complexity index is 335. The normalized spacial score (nSPS) is 29.9. The van der Waals surface area contributed by atoms with Crippen LogP contribution in [0.4, 0.5) is 0 Å². The van der Waals surface area contributed by atoms with Gasteiger partial charge in [0.25, 0.3) is 0 Å². The molecule has 18 heavy (non-hydrogen) atoms. The Morgan fingerprint density at radius 3 is 2.33 bits per heavy atom. The number of sulfone groups is 1. The summed E-state index contributed by atoms with van der Waals surface area (Å²) in [5.74, 6) is 0.710. The van der Waals surface area contributed by atoms with E-state index in [1.165, 1.54) is 45.2 Å². The van der Waals surface area contributed by atoms with Crippen LogP contribution in [0.5, 0.6) is 0 Å². The van der Waals surface area contributed by atoms with Crippen LogP contribution < -0.4 is 5.32 Å². The van der Waals surface area contributed by atoms with Gasteiger partial charge in [0.05, 0.1) is 11.5 Å². The van der Waals surface area contributed by atoms with Crippen molar-refractivity contribution in [3.05, 3.63) is 0 Å². The molecule has 0 radical (unpaired) electrons. The third-order valence-electron chi connectivity index (χ3n) is 4.04. The molecule has 0 aliphatic carbocycles. The molecule has 2 rings (SSSR count). The van der Waals surface area contributed by atoms with Crippen molar-refractivity contribution in [2.45, 2.75) is 44.6 Å². The monoisotopic (exact) mass is 274 g/mol. The van der Waals surface area contributed by atoms with Crippen molar-refractivity contribution in [3.63, 3.8) is 0 Å². The molecule has 0 aromatic heterocycles. The SMILES string of the molecule is O=S1(=O)CCC(NCCN2CCCCCCC2)C1. The van der Waals surface area contributed by atoms with Gasteiger partial charge < -0.3 is 10.2 Å². The lowest BCUT2D eigenvalue weighted by Crippen LogP contribution is -2.38. The van der Waals surface area contributed by atoms with E-state index in [0.29, 0.717) is 11.5 Å². The lowest BCUT2D eigenvalue weighted by atomic mass is 10.1. The Hall–Kier alpha value is -0.130. The zero-order chi connectivity index (χ0) is 12.8. The molecule has 1 unspecified atom stereocenters. The second-order valence-electron chi connectivity index (χ2n) is 5.66. The van der Waals surface area contributed by atoms with E-state index >= 15 is 0 Å². The molecule has 4 nitrogen and oxygen atoms in total. The first-order chi connectivity index (χ1) is 8.66. The van der Waals surface area contributed by atoms with Gasteiger partial charge in [0.1, 0.15) is 0 Å². The van der Waals surface area contributed by atoms with E-state index in [0.717, 1.165) is 19.5 Å². The van der Waals surface area contributed by atoms with Crippen LogP contribution in [0, 0.1) is 0 Å². The van der Waals surface area contributed by atoms with Gasteiger partial charge in [-0.1, -0.05) is 19.3 Å². The average Bonchev–Trinajstić information content (AvgIpc) is 2.61. The van der Waals surface area contributed by atoms with Gasteiger partial charge >= 0.3 is 0 Å². The van der Waals surface area contributed by atoms with Gasteiger partial charge in [-0.05, 0) is 32.4 Å². The molecule has 2 fully saturated rings. The van der Waals surface area contributed by atoms with Crippen LogP contribution >= 0.6 is 0 Å². The third-order valence-corrected chi connectivity index (χ3v) is 5.81. The summed E-state index contributed by atoms with van der Waals surface area (Å²) in [6.45, 7) is 4.42. The highest BCUT2D eigenvalue weighted by Crippen LogP contribution is 2.12. The summed E-state index contributed by atoms with van der Waals surface area (Å²) < 4.78 is 22.7. The molecule has 2 heterocycles. The lowest BCUT2D eigenvalue weighted by Gasteiger charge is -2.25. The van der Waals surface area contributed by atoms with Crippen LogP contribution in [0.3, 0.4) is 0 Å². The zero-order valence-electron chi connectivity index (χ0n) is 11.2. The number of likely N-dealkylation sites (tertiary alicyclic amines) is 1. The second-order valence-corrected chi connectivity index (χ2v) is 7.89. The lowest BCUT2D eigenvalue weighted by molar-refractivity contribution is 0.245. The summed E-state index contributed by atoms with van der Waals surface area (Å²) in [4.78, 5) is 2.52. The largest absolute Gasteiger partial charge is 0.312 e. The number of rotatable bonds is 4. The first-order valence-corrected chi connectivity index (χ1v) is 9.14. The number of hydrogen-bond donors (Lipinski definition) is 1. The Kier molecular flexibility index (Phi) is 5.45. The Morgan fingerprint density at radius 1 is 1.06 bits per heavy atom. The third kappa shape index (κ3) is 4.86. The van der Waals surface area contributed by atoms with Crippen LogP contribution in [0.1, 0.15) is 38.5 Å². The molecule has 106 valence electrons. The highest BCUT2D eigenvalue weighted by Gasteiger charge is 2.27. The van der Waals surface area contributed by atoms with Gasteiger partial charge in [0, 0.05) is 19.1 Å². The summed E-state index contributed by atoms with van der Waals surface area (Å²) in [6.07, 6.45) is 7.56. The van der Waals surface area contributed by atoms with Gasteiger partial charge in [-0.2, -0.15) is 0 Å².